The van der Waals surface area contributed by atoms with Gasteiger partial charge in [-0.2, -0.15) is 0 Å². The zero-order chi connectivity index (χ0) is 16.6. The molecule has 1 atom stereocenters. The summed E-state index contributed by atoms with van der Waals surface area (Å²) in [5.74, 6) is -1.48. The van der Waals surface area contributed by atoms with Gasteiger partial charge in [0.05, 0.1) is 19.8 Å². The average molecular weight is 173 g/mol. The number of hydrogen-bond donors (Lipinski definition) is 0. The second-order valence-corrected chi connectivity index (χ2v) is 1.85. The first-order valence-corrected chi connectivity index (χ1v) is 3.10. The molecule has 0 N–H and O–H groups in total. The Morgan fingerprint density at radius 1 is 1.83 bits per heavy atom. The van der Waals surface area contributed by atoms with E-state index < -0.39 is 37.9 Å². The Bertz CT molecular complexity index is 552. The lowest BCUT2D eigenvalue weighted by Crippen LogP contribution is -2.06. The summed E-state index contributed by atoms with van der Waals surface area (Å²) in [6, 6.07) is 0.933. The van der Waals surface area contributed by atoms with Gasteiger partial charge in [0, 0.05) is 5.48 Å². The van der Waals surface area contributed by atoms with Crippen LogP contribution in [0.15, 0.2) is 30.3 Å². The maximum Gasteiger partial charge on any atom is 0.310 e. The molecule has 64 valence electrons. The van der Waals surface area contributed by atoms with Gasteiger partial charge in [-0.15, -0.1) is 0 Å². The smallest absolute Gasteiger partial charge is 0.310 e. The number of rotatable bonds is 3. The molecule has 0 heterocycles. The van der Waals surface area contributed by atoms with E-state index in [1.807, 2.05) is 0 Å². The van der Waals surface area contributed by atoms with Crippen molar-refractivity contribution in [2.45, 2.75) is 13.2 Å². The highest BCUT2D eigenvalue weighted by atomic mass is 16.5. The number of carbonyl (C=O) groups excluding carboxylic acids is 1. The molecule has 0 fully saturated rings. The summed E-state index contributed by atoms with van der Waals surface area (Å²) in [6.07, 6.45) is -1.88. The number of esters is 1. The van der Waals surface area contributed by atoms with Crippen LogP contribution in [-0.4, -0.2) is 12.5 Å². The standard InChI is InChI=1S/C10H12O2/c1-2-12-10(11)8-9-6-4-3-5-7-9/h3-7H,2,8H2,1H3/i1D3,2D2,3D,4D,6D,8D. The first kappa shape index (κ1) is 2.59. The zero-order valence-electron chi connectivity index (χ0n) is 15.0. The number of carbonyl (C=O) groups is 1. The summed E-state index contributed by atoms with van der Waals surface area (Å²) in [5, 5.41) is 0. The molecule has 1 unspecified atom stereocenters. The van der Waals surface area contributed by atoms with Crippen LogP contribution < -0.4 is 0 Å². The third-order valence-electron chi connectivity index (χ3n) is 1.05. The van der Waals surface area contributed by atoms with E-state index in [4.69, 9.17) is 12.3 Å². The molecule has 0 radical (unpaired) electrons. The molecule has 0 bridgehead atoms. The maximum atomic E-state index is 11.7. The molecule has 1 rings (SSSR count). The van der Waals surface area contributed by atoms with Gasteiger partial charge in [-0.1, -0.05) is 30.3 Å². The lowest BCUT2D eigenvalue weighted by molar-refractivity contribution is -0.142. The highest BCUT2D eigenvalue weighted by Gasteiger charge is 2.01. The van der Waals surface area contributed by atoms with Crippen molar-refractivity contribution in [2.75, 3.05) is 6.56 Å². The Balaban J connectivity index is 3.02. The third-order valence-corrected chi connectivity index (χ3v) is 1.05. The van der Waals surface area contributed by atoms with Crippen LogP contribution in [0.3, 0.4) is 0 Å². The van der Waals surface area contributed by atoms with Gasteiger partial charge in [0.25, 0.3) is 0 Å². The molecule has 0 aliphatic heterocycles. The highest BCUT2D eigenvalue weighted by molar-refractivity contribution is 5.72. The van der Waals surface area contributed by atoms with Crippen molar-refractivity contribution in [3.63, 3.8) is 0 Å². The molecule has 12 heavy (non-hydrogen) atoms. The molecule has 2 heteroatoms. The fourth-order valence-electron chi connectivity index (χ4n) is 0.614. The second-order valence-electron chi connectivity index (χ2n) is 1.85. The monoisotopic (exact) mass is 173 g/mol. The molecule has 0 aromatic heterocycles. The Morgan fingerprint density at radius 2 is 2.75 bits per heavy atom. The van der Waals surface area contributed by atoms with Crippen LogP contribution >= 0.6 is 0 Å². The summed E-state index contributed by atoms with van der Waals surface area (Å²) in [5.41, 5.74) is -0.262. The minimum absolute atomic E-state index is 0.262. The van der Waals surface area contributed by atoms with Gasteiger partial charge in [-0.25, -0.2) is 0 Å². The van der Waals surface area contributed by atoms with E-state index in [2.05, 4.69) is 4.74 Å². The van der Waals surface area contributed by atoms with Crippen molar-refractivity contribution in [3.8, 4) is 0 Å². The Morgan fingerprint density at radius 3 is 3.58 bits per heavy atom. The van der Waals surface area contributed by atoms with E-state index in [9.17, 15) is 4.79 Å². The van der Waals surface area contributed by atoms with Crippen molar-refractivity contribution in [3.05, 3.63) is 35.8 Å². The third kappa shape index (κ3) is 2.74. The Kier molecular flexibility index (Phi) is 0.980. The van der Waals surface area contributed by atoms with Crippen LogP contribution in [0.1, 0.15) is 24.8 Å². The molecule has 1 aromatic rings. The van der Waals surface area contributed by atoms with Gasteiger partial charge in [-0.05, 0) is 12.4 Å². The van der Waals surface area contributed by atoms with Crippen molar-refractivity contribution in [1.29, 1.82) is 0 Å². The molecule has 2 nitrogen and oxygen atoms in total. The predicted molar refractivity (Wildman–Crippen MR) is 46.8 cm³/mol. The van der Waals surface area contributed by atoms with E-state index in [1.165, 1.54) is 0 Å². The van der Waals surface area contributed by atoms with Gasteiger partial charge in [0.15, 0.2) is 0 Å². The van der Waals surface area contributed by atoms with Crippen LogP contribution in [0.2, 0.25) is 0 Å². The quantitative estimate of drug-likeness (QED) is 0.651. The van der Waals surface area contributed by atoms with Crippen molar-refractivity contribution >= 4 is 5.97 Å². The van der Waals surface area contributed by atoms with Gasteiger partial charge >= 0.3 is 5.97 Å². The Hall–Kier alpha value is -1.31. The zero-order valence-corrected chi connectivity index (χ0v) is 6.05. The minimum atomic E-state index is -3.26. The first-order valence-electron chi connectivity index (χ1n) is 7.68. The SMILES string of the molecule is [2H]c1ccc(C([2H])C(=O)OC([2H])([2H])C([2H])([2H])[2H])c([2H])c1[2H]. The van der Waals surface area contributed by atoms with Crippen LogP contribution in [0.25, 0.3) is 0 Å². The second kappa shape index (κ2) is 4.54. The highest BCUT2D eigenvalue weighted by Crippen LogP contribution is 2.00. The van der Waals surface area contributed by atoms with E-state index in [0.717, 1.165) is 12.1 Å². The molecule has 1 aromatic carbocycles. The van der Waals surface area contributed by atoms with E-state index >= 15 is 0 Å². The van der Waals surface area contributed by atoms with Gasteiger partial charge < -0.3 is 4.74 Å². The van der Waals surface area contributed by atoms with E-state index in [-0.39, 0.29) is 11.6 Å². The molecule has 0 spiro atoms. The maximum absolute atomic E-state index is 11.7. The molecular weight excluding hydrogens is 152 g/mol. The van der Waals surface area contributed by atoms with Crippen molar-refractivity contribution in [2.24, 2.45) is 0 Å². The first-order chi connectivity index (χ1) is 9.38. The summed E-state index contributed by atoms with van der Waals surface area (Å²) < 4.78 is 69.2. The van der Waals surface area contributed by atoms with Gasteiger partial charge in [0.2, 0.25) is 0 Å². The number of hydrogen-bond acceptors (Lipinski definition) is 2. The van der Waals surface area contributed by atoms with Crippen LogP contribution in [0.4, 0.5) is 0 Å². The summed E-state index contributed by atoms with van der Waals surface area (Å²) >= 11 is 0. The fourth-order valence-corrected chi connectivity index (χ4v) is 0.614. The predicted octanol–water partition coefficient (Wildman–Crippen LogP) is 1.79. The molecule has 0 amide bonds. The average Bonchev–Trinajstić information content (AvgIpc) is 2.33. The molecule has 0 saturated carbocycles. The molecular formula is C10H12O2. The number of benzene rings is 1. The van der Waals surface area contributed by atoms with Gasteiger partial charge in [-0.3, -0.25) is 4.79 Å². The summed E-state index contributed by atoms with van der Waals surface area (Å²) in [4.78, 5) is 11.7. The molecule has 0 aliphatic rings. The van der Waals surface area contributed by atoms with Crippen LogP contribution in [0, 0.1) is 0 Å². The topological polar surface area (TPSA) is 26.3 Å². The number of ether oxygens (including phenoxy) is 1. The Labute approximate surface area is 84.8 Å². The normalized spacial score (nSPS) is 25.2. The lowest BCUT2D eigenvalue weighted by Gasteiger charge is -2.00. The van der Waals surface area contributed by atoms with E-state index in [1.54, 1.807) is 0 Å². The summed E-state index contributed by atoms with van der Waals surface area (Å²) in [6.45, 7) is -6.47. The molecule has 0 saturated heterocycles. The lowest BCUT2D eigenvalue weighted by atomic mass is 10.2. The van der Waals surface area contributed by atoms with Crippen molar-refractivity contribution < 1.29 is 21.9 Å². The van der Waals surface area contributed by atoms with Crippen molar-refractivity contribution in [1.82, 2.24) is 0 Å². The largest absolute Gasteiger partial charge is 0.466 e. The molecule has 0 aliphatic carbocycles. The van der Waals surface area contributed by atoms with Crippen LogP contribution in [-0.2, 0) is 15.9 Å². The van der Waals surface area contributed by atoms with Crippen LogP contribution in [0.5, 0.6) is 0 Å². The van der Waals surface area contributed by atoms with Gasteiger partial charge in [0.1, 0.15) is 0 Å². The van der Waals surface area contributed by atoms with E-state index in [0.29, 0.717) is 0 Å². The fraction of sp³-hybridized carbons (Fsp3) is 0.300. The minimum Gasteiger partial charge on any atom is -0.466 e. The summed E-state index contributed by atoms with van der Waals surface area (Å²) in [7, 11) is 0.